The molecule has 0 saturated heterocycles. The number of hydrogen-bond acceptors (Lipinski definition) is 11. The second-order valence-electron chi connectivity index (χ2n) is 5.35. The molecule has 0 radical (unpaired) electrons. The summed E-state index contributed by atoms with van der Waals surface area (Å²) in [4.78, 5) is 36.2. The summed E-state index contributed by atoms with van der Waals surface area (Å²) < 4.78 is 9.45. The Morgan fingerprint density at radius 3 is 2.11 bits per heavy atom. The van der Waals surface area contributed by atoms with Crippen LogP contribution in [0.4, 0.5) is 28.1 Å². The number of nitrogens with two attached hydrogens (primary N) is 1. The van der Waals surface area contributed by atoms with Crippen molar-refractivity contribution in [2.75, 3.05) is 30.6 Å². The van der Waals surface area contributed by atoms with Gasteiger partial charge in [0.05, 0.1) is 25.3 Å². The number of carbonyl (C=O) groups excluding carboxylic acids is 2. The number of aromatic nitrogens is 3. The second kappa shape index (κ2) is 8.31. The molecule has 0 aliphatic rings. The van der Waals surface area contributed by atoms with Gasteiger partial charge in [0.15, 0.2) is 16.8 Å². The lowest BCUT2D eigenvalue weighted by Crippen LogP contribution is -2.09. The second-order valence-corrected chi connectivity index (χ2v) is 6.25. The average Bonchev–Trinajstić information content (AvgIpc) is 3.22. The molecule has 28 heavy (non-hydrogen) atoms. The van der Waals surface area contributed by atoms with Crippen molar-refractivity contribution in [3.8, 4) is 0 Å². The van der Waals surface area contributed by atoms with Gasteiger partial charge in [-0.05, 0) is 18.2 Å². The summed E-state index contributed by atoms with van der Waals surface area (Å²) in [6, 6.07) is 4.39. The maximum absolute atomic E-state index is 11.9. The van der Waals surface area contributed by atoms with Gasteiger partial charge in [0.25, 0.3) is 0 Å². The summed E-state index contributed by atoms with van der Waals surface area (Å²) in [5.74, 6) is -0.553. The van der Waals surface area contributed by atoms with E-state index in [4.69, 9.17) is 15.2 Å². The minimum Gasteiger partial charge on any atom is -0.465 e. The lowest BCUT2D eigenvalue weighted by molar-refractivity contribution is 0.0599. The highest BCUT2D eigenvalue weighted by atomic mass is 32.1. The molecule has 0 bridgehead atoms. The zero-order valence-corrected chi connectivity index (χ0v) is 15.7. The number of nitrogens with one attached hydrogen (secondary N) is 2. The van der Waals surface area contributed by atoms with Crippen molar-refractivity contribution in [1.82, 2.24) is 15.0 Å². The van der Waals surface area contributed by atoms with E-state index in [1.165, 1.54) is 50.1 Å². The van der Waals surface area contributed by atoms with E-state index in [2.05, 4.69) is 25.6 Å². The van der Waals surface area contributed by atoms with Gasteiger partial charge >= 0.3 is 11.9 Å². The smallest absolute Gasteiger partial charge is 0.337 e. The minimum absolute atomic E-state index is 0.168. The summed E-state index contributed by atoms with van der Waals surface area (Å²) >= 11 is 1.39. The monoisotopic (exact) mass is 400 g/mol. The highest BCUT2D eigenvalue weighted by Crippen LogP contribution is 2.29. The number of esters is 2. The van der Waals surface area contributed by atoms with Gasteiger partial charge in [0.1, 0.15) is 12.0 Å². The van der Waals surface area contributed by atoms with Crippen LogP contribution >= 0.6 is 11.3 Å². The molecule has 0 atom stereocenters. The summed E-state index contributed by atoms with van der Waals surface area (Å²) in [5.41, 5.74) is 7.11. The lowest BCUT2D eigenvalue weighted by Gasteiger charge is -2.13. The van der Waals surface area contributed by atoms with E-state index in [1.807, 2.05) is 5.38 Å². The molecule has 0 fully saturated rings. The Morgan fingerprint density at radius 2 is 1.57 bits per heavy atom. The van der Waals surface area contributed by atoms with Crippen LogP contribution in [0.5, 0.6) is 0 Å². The number of thiazole rings is 1. The summed E-state index contributed by atoms with van der Waals surface area (Å²) in [6.45, 7) is 0. The Balaban J connectivity index is 1.94. The predicted molar refractivity (Wildman–Crippen MR) is 104 cm³/mol. The highest BCUT2D eigenvalue weighted by Gasteiger charge is 2.16. The predicted octanol–water partition coefficient (Wildman–Crippen LogP) is 2.58. The Kier molecular flexibility index (Phi) is 5.65. The van der Waals surface area contributed by atoms with Gasteiger partial charge in [-0.25, -0.2) is 24.5 Å². The number of nitrogens with zero attached hydrogens (tertiary/aromatic N) is 3. The van der Waals surface area contributed by atoms with Gasteiger partial charge < -0.3 is 25.8 Å². The Hall–Kier alpha value is -3.73. The van der Waals surface area contributed by atoms with E-state index in [9.17, 15) is 9.59 Å². The van der Waals surface area contributed by atoms with E-state index in [0.29, 0.717) is 16.6 Å². The molecule has 0 aliphatic carbocycles. The van der Waals surface area contributed by atoms with Crippen LogP contribution in [0, 0.1) is 0 Å². The molecule has 2 aromatic heterocycles. The lowest BCUT2D eigenvalue weighted by atomic mass is 10.1. The molecular weight excluding hydrogens is 384 g/mol. The van der Waals surface area contributed by atoms with E-state index in [1.54, 1.807) is 6.20 Å². The fourth-order valence-electron chi connectivity index (χ4n) is 2.29. The van der Waals surface area contributed by atoms with E-state index in [-0.39, 0.29) is 22.6 Å². The van der Waals surface area contributed by atoms with Crippen LogP contribution in [0.25, 0.3) is 0 Å². The van der Waals surface area contributed by atoms with E-state index >= 15 is 0 Å². The molecule has 0 aliphatic heterocycles. The standard InChI is InChI=1S/C17H16N6O4S/c1-26-15(24)9-5-10(16(25)27-2)7-11(6-9)22-13-12(18)14(21-8-20-13)23-17-19-3-4-28-17/h3-8H,18H2,1-2H3,(H2,19,20,21,22,23). The fourth-order valence-corrected chi connectivity index (χ4v) is 2.82. The van der Waals surface area contributed by atoms with Gasteiger partial charge in [0.2, 0.25) is 0 Å². The van der Waals surface area contributed by atoms with E-state index in [0.717, 1.165) is 0 Å². The topological polar surface area (TPSA) is 141 Å². The minimum atomic E-state index is -0.601. The normalized spacial score (nSPS) is 10.2. The molecule has 3 rings (SSSR count). The number of rotatable bonds is 6. The maximum atomic E-state index is 11.9. The zero-order chi connectivity index (χ0) is 20.1. The quantitative estimate of drug-likeness (QED) is 0.528. The third-order valence-corrected chi connectivity index (χ3v) is 4.27. The maximum Gasteiger partial charge on any atom is 0.337 e. The van der Waals surface area contributed by atoms with Gasteiger partial charge in [-0.2, -0.15) is 0 Å². The number of methoxy groups -OCH3 is 2. The van der Waals surface area contributed by atoms with Crippen molar-refractivity contribution in [2.45, 2.75) is 0 Å². The molecule has 0 amide bonds. The average molecular weight is 400 g/mol. The van der Waals surface area contributed by atoms with Crippen molar-refractivity contribution in [3.63, 3.8) is 0 Å². The van der Waals surface area contributed by atoms with Crippen molar-refractivity contribution >= 4 is 51.4 Å². The van der Waals surface area contributed by atoms with Crippen LogP contribution in [-0.4, -0.2) is 41.1 Å². The van der Waals surface area contributed by atoms with Gasteiger partial charge in [-0.3, -0.25) is 0 Å². The molecule has 3 aromatic rings. The molecular formula is C17H16N6O4S. The van der Waals surface area contributed by atoms with Crippen molar-refractivity contribution in [3.05, 3.63) is 47.2 Å². The highest BCUT2D eigenvalue weighted by molar-refractivity contribution is 7.13. The first-order valence-electron chi connectivity index (χ1n) is 7.87. The van der Waals surface area contributed by atoms with Crippen LogP contribution in [0.15, 0.2) is 36.1 Å². The molecule has 1 aromatic carbocycles. The first-order chi connectivity index (χ1) is 13.5. The van der Waals surface area contributed by atoms with Crippen LogP contribution in [0.2, 0.25) is 0 Å². The zero-order valence-electron chi connectivity index (χ0n) is 14.9. The van der Waals surface area contributed by atoms with Crippen LogP contribution in [0.1, 0.15) is 20.7 Å². The molecule has 0 spiro atoms. The number of ether oxygens (including phenoxy) is 2. The number of nitrogen functional groups attached to an aromatic ring is 1. The first kappa shape index (κ1) is 19.0. The van der Waals surface area contributed by atoms with Gasteiger partial charge in [-0.15, -0.1) is 11.3 Å². The molecule has 4 N–H and O–H groups in total. The Bertz CT molecular complexity index is 975. The van der Waals surface area contributed by atoms with Crippen LogP contribution in [0.3, 0.4) is 0 Å². The third-order valence-electron chi connectivity index (χ3n) is 3.58. The van der Waals surface area contributed by atoms with Crippen LogP contribution in [-0.2, 0) is 9.47 Å². The number of hydrogen-bond donors (Lipinski definition) is 3. The molecule has 144 valence electrons. The third kappa shape index (κ3) is 4.15. The summed E-state index contributed by atoms with van der Waals surface area (Å²) in [5, 5.41) is 8.41. The van der Waals surface area contributed by atoms with Gasteiger partial charge in [0, 0.05) is 17.3 Å². The molecule has 11 heteroatoms. The van der Waals surface area contributed by atoms with Crippen molar-refractivity contribution in [1.29, 1.82) is 0 Å². The Morgan fingerprint density at radius 1 is 0.964 bits per heavy atom. The number of benzene rings is 1. The van der Waals surface area contributed by atoms with Crippen LogP contribution < -0.4 is 16.4 Å². The van der Waals surface area contributed by atoms with Crippen molar-refractivity contribution in [2.24, 2.45) is 0 Å². The number of carbonyl (C=O) groups is 2. The largest absolute Gasteiger partial charge is 0.465 e. The SMILES string of the molecule is COC(=O)c1cc(Nc2ncnc(Nc3nccs3)c2N)cc(C(=O)OC)c1. The molecule has 0 unspecified atom stereocenters. The van der Waals surface area contributed by atoms with Gasteiger partial charge in [-0.1, -0.05) is 0 Å². The number of anilines is 5. The first-order valence-corrected chi connectivity index (χ1v) is 8.75. The van der Waals surface area contributed by atoms with Crippen molar-refractivity contribution < 1.29 is 19.1 Å². The molecule has 0 saturated carbocycles. The molecule has 2 heterocycles. The Labute approximate surface area is 163 Å². The summed E-state index contributed by atoms with van der Waals surface area (Å²) in [7, 11) is 2.50. The summed E-state index contributed by atoms with van der Waals surface area (Å²) in [6.07, 6.45) is 2.97. The van der Waals surface area contributed by atoms with E-state index < -0.39 is 11.9 Å². The molecule has 10 nitrogen and oxygen atoms in total. The fraction of sp³-hybridized carbons (Fsp3) is 0.118.